The van der Waals surface area contributed by atoms with Gasteiger partial charge in [-0.05, 0) is 28.6 Å². The minimum atomic E-state index is -1.63. The van der Waals surface area contributed by atoms with Crippen molar-refractivity contribution in [3.05, 3.63) is 10.2 Å². The zero-order valence-corrected chi connectivity index (χ0v) is 16.2. The van der Waals surface area contributed by atoms with E-state index in [0.717, 1.165) is 0 Å². The summed E-state index contributed by atoms with van der Waals surface area (Å²) >= 11 is 2.30. The fourth-order valence-corrected chi connectivity index (χ4v) is 3.37. The molecule has 0 radical (unpaired) electrons. The third-order valence-electron chi connectivity index (χ3n) is 3.88. The molecule has 0 bridgehead atoms. The lowest BCUT2D eigenvalue weighted by atomic mass is 10.1. The highest BCUT2D eigenvalue weighted by atomic mass is 127. The van der Waals surface area contributed by atoms with Gasteiger partial charge in [-0.25, -0.2) is 0 Å². The van der Waals surface area contributed by atoms with Gasteiger partial charge in [0.25, 0.3) is 0 Å². The Morgan fingerprint density at radius 3 is 2.22 bits per heavy atom. The van der Waals surface area contributed by atoms with E-state index in [1.54, 1.807) is 0 Å². The predicted molar refractivity (Wildman–Crippen MR) is 94.0 cm³/mol. The molecule has 0 rings (SSSR count). The van der Waals surface area contributed by atoms with E-state index in [1.807, 2.05) is 0 Å². The van der Waals surface area contributed by atoms with Gasteiger partial charge in [-0.2, -0.15) is 0 Å². The smallest absolute Gasteiger partial charge is 0.192 e. The molecule has 0 spiro atoms. The summed E-state index contributed by atoms with van der Waals surface area (Å²) in [6.45, 7) is 13.9. The summed E-state index contributed by atoms with van der Waals surface area (Å²) in [6.07, 6.45) is 8.99. The molecule has 0 aromatic heterocycles. The highest BCUT2D eigenvalue weighted by molar-refractivity contribution is 14.1. The second-order valence-electron chi connectivity index (χ2n) is 6.58. The molecule has 0 unspecified atom stereocenters. The van der Waals surface area contributed by atoms with Gasteiger partial charge < -0.3 is 4.43 Å². The van der Waals surface area contributed by atoms with E-state index in [2.05, 4.69) is 73.5 Å². The Morgan fingerprint density at radius 2 is 1.78 bits per heavy atom. The molecule has 0 aromatic carbocycles. The fraction of sp³-hybridized carbons (Fsp3) is 0.867. The van der Waals surface area contributed by atoms with Crippen molar-refractivity contribution >= 4 is 30.9 Å². The Morgan fingerprint density at radius 1 is 1.17 bits per heavy atom. The van der Waals surface area contributed by atoms with Crippen LogP contribution in [0.4, 0.5) is 0 Å². The van der Waals surface area contributed by atoms with Gasteiger partial charge in [-0.15, -0.1) is 0 Å². The molecule has 0 aliphatic carbocycles. The van der Waals surface area contributed by atoms with Gasteiger partial charge in [0.1, 0.15) is 0 Å². The molecule has 1 atom stereocenters. The summed E-state index contributed by atoms with van der Waals surface area (Å²) in [5, 5.41) is 0.299. The van der Waals surface area contributed by atoms with Crippen molar-refractivity contribution in [3.8, 4) is 0 Å². The molecule has 0 N–H and O–H groups in total. The van der Waals surface area contributed by atoms with Crippen molar-refractivity contribution in [2.45, 2.75) is 84.0 Å². The normalized spacial score (nSPS) is 15.3. The zero-order valence-electron chi connectivity index (χ0n) is 13.1. The van der Waals surface area contributed by atoms with Crippen molar-refractivity contribution in [1.29, 1.82) is 0 Å². The number of halogens is 1. The molecule has 0 aromatic rings. The van der Waals surface area contributed by atoms with Gasteiger partial charge >= 0.3 is 0 Å². The van der Waals surface area contributed by atoms with E-state index < -0.39 is 8.32 Å². The van der Waals surface area contributed by atoms with Crippen LogP contribution in [0.3, 0.4) is 0 Å². The van der Waals surface area contributed by atoms with Crippen molar-refractivity contribution in [1.82, 2.24) is 0 Å². The van der Waals surface area contributed by atoms with Crippen LogP contribution in [-0.2, 0) is 4.43 Å². The molecule has 108 valence electrons. The van der Waals surface area contributed by atoms with E-state index in [0.29, 0.717) is 11.1 Å². The van der Waals surface area contributed by atoms with Gasteiger partial charge in [-0.3, -0.25) is 0 Å². The van der Waals surface area contributed by atoms with Crippen LogP contribution in [0.5, 0.6) is 0 Å². The Labute approximate surface area is 129 Å². The first-order valence-electron chi connectivity index (χ1n) is 7.19. The largest absolute Gasteiger partial charge is 0.411 e. The Kier molecular flexibility index (Phi) is 9.06. The van der Waals surface area contributed by atoms with Crippen LogP contribution >= 0.6 is 22.6 Å². The number of rotatable bonds is 8. The van der Waals surface area contributed by atoms with Gasteiger partial charge in [0, 0.05) is 0 Å². The maximum absolute atomic E-state index is 6.47. The van der Waals surface area contributed by atoms with E-state index in [4.69, 9.17) is 4.43 Å². The Hall–Kier alpha value is 0.647. The number of hydrogen-bond donors (Lipinski definition) is 0. The SMILES string of the molecule is CCCCCC[C@@H](/C=C/I)O[Si](C)(C)C(C)(C)C. The third-order valence-corrected chi connectivity index (χ3v) is 8.80. The second kappa shape index (κ2) is 8.75. The molecule has 0 aliphatic heterocycles. The summed E-state index contributed by atoms with van der Waals surface area (Å²) in [5.74, 6) is 0. The topological polar surface area (TPSA) is 9.23 Å². The van der Waals surface area contributed by atoms with Crippen LogP contribution in [0.25, 0.3) is 0 Å². The average molecular weight is 382 g/mol. The van der Waals surface area contributed by atoms with Crippen molar-refractivity contribution in [2.75, 3.05) is 0 Å². The van der Waals surface area contributed by atoms with Crippen molar-refractivity contribution in [2.24, 2.45) is 0 Å². The van der Waals surface area contributed by atoms with Gasteiger partial charge in [-0.1, -0.05) is 82.0 Å². The molecular formula is C15H31IOSi. The summed E-state index contributed by atoms with van der Waals surface area (Å²) in [5.41, 5.74) is 0. The summed E-state index contributed by atoms with van der Waals surface area (Å²) < 4.78 is 8.58. The zero-order chi connectivity index (χ0) is 14.2. The summed E-state index contributed by atoms with van der Waals surface area (Å²) in [6, 6.07) is 0. The van der Waals surface area contributed by atoms with Crippen molar-refractivity contribution in [3.63, 3.8) is 0 Å². The molecule has 0 heterocycles. The second-order valence-corrected chi connectivity index (χ2v) is 12.1. The molecule has 0 amide bonds. The van der Waals surface area contributed by atoms with Crippen LogP contribution in [0.15, 0.2) is 10.2 Å². The molecule has 0 fully saturated rings. The molecular weight excluding hydrogens is 351 g/mol. The highest BCUT2D eigenvalue weighted by Gasteiger charge is 2.38. The van der Waals surface area contributed by atoms with E-state index in [1.165, 1.54) is 32.1 Å². The summed E-state index contributed by atoms with van der Waals surface area (Å²) in [4.78, 5) is 0. The number of unbranched alkanes of at least 4 members (excludes halogenated alkanes) is 3. The standard InChI is InChI=1S/C15H31IOSi/c1-7-8-9-10-11-14(12-13-16)17-18(5,6)15(2,3)4/h12-14H,7-11H2,1-6H3/b13-12+/t14-/m0/s1. The molecule has 3 heteroatoms. The van der Waals surface area contributed by atoms with Gasteiger partial charge in [0.05, 0.1) is 6.10 Å². The molecule has 1 nitrogen and oxygen atoms in total. The maximum Gasteiger partial charge on any atom is 0.192 e. The predicted octanol–water partition coefficient (Wildman–Crippen LogP) is 6.30. The van der Waals surface area contributed by atoms with Crippen LogP contribution in [-0.4, -0.2) is 14.4 Å². The lowest BCUT2D eigenvalue weighted by molar-refractivity contribution is 0.211. The van der Waals surface area contributed by atoms with E-state index >= 15 is 0 Å². The minimum absolute atomic E-state index is 0.299. The Bertz CT molecular complexity index is 243. The highest BCUT2D eigenvalue weighted by Crippen LogP contribution is 2.38. The lowest BCUT2D eigenvalue weighted by Crippen LogP contribution is -2.43. The molecule has 0 saturated carbocycles. The quantitative estimate of drug-likeness (QED) is 0.272. The van der Waals surface area contributed by atoms with E-state index in [9.17, 15) is 0 Å². The van der Waals surface area contributed by atoms with Crippen LogP contribution in [0.2, 0.25) is 18.1 Å². The monoisotopic (exact) mass is 382 g/mol. The van der Waals surface area contributed by atoms with Crippen LogP contribution in [0, 0.1) is 0 Å². The van der Waals surface area contributed by atoms with E-state index in [-0.39, 0.29) is 0 Å². The molecule has 0 saturated heterocycles. The minimum Gasteiger partial charge on any atom is -0.411 e. The van der Waals surface area contributed by atoms with Crippen LogP contribution in [0.1, 0.15) is 59.8 Å². The van der Waals surface area contributed by atoms with Crippen molar-refractivity contribution < 1.29 is 4.43 Å². The van der Waals surface area contributed by atoms with Crippen LogP contribution < -0.4 is 0 Å². The van der Waals surface area contributed by atoms with Gasteiger partial charge in [0.15, 0.2) is 8.32 Å². The first-order chi connectivity index (χ1) is 8.24. The lowest BCUT2D eigenvalue weighted by Gasteiger charge is -2.38. The average Bonchev–Trinajstić information content (AvgIpc) is 2.22. The molecule has 18 heavy (non-hydrogen) atoms. The third kappa shape index (κ3) is 7.29. The fourth-order valence-electron chi connectivity index (χ4n) is 1.60. The first kappa shape index (κ1) is 18.6. The number of hydrogen-bond acceptors (Lipinski definition) is 1. The first-order valence-corrected chi connectivity index (χ1v) is 11.3. The summed E-state index contributed by atoms with van der Waals surface area (Å²) in [7, 11) is -1.63. The maximum atomic E-state index is 6.47. The Balaban J connectivity index is 4.35. The molecule has 0 aliphatic rings. The van der Waals surface area contributed by atoms with Gasteiger partial charge in [0.2, 0.25) is 0 Å².